The highest BCUT2D eigenvalue weighted by molar-refractivity contribution is 5.85. The first-order chi connectivity index (χ1) is 6.68. The molecular formula is C9H13ClN2O3. The number of furan rings is 1. The largest absolute Gasteiger partial charge is 0.433 e. The number of rotatable bonds is 3. The topological polar surface area (TPSA) is 82.3 Å². The molecule has 2 N–H and O–H groups in total. The van der Waals surface area contributed by atoms with E-state index in [-0.39, 0.29) is 24.3 Å². The quantitative estimate of drug-likeness (QED) is 0.641. The van der Waals surface area contributed by atoms with Gasteiger partial charge in [-0.1, -0.05) is 6.42 Å². The Labute approximate surface area is 93.2 Å². The normalized spacial score (nSPS) is 17.7. The zero-order chi connectivity index (χ0) is 10.1. The molecule has 0 spiro atoms. The highest BCUT2D eigenvalue weighted by Gasteiger charge is 2.28. The van der Waals surface area contributed by atoms with Crippen LogP contribution in [0.5, 0.6) is 0 Å². The molecule has 0 unspecified atom stereocenters. The molecule has 0 bridgehead atoms. The minimum Gasteiger partial charge on any atom is -0.404 e. The minimum absolute atomic E-state index is 0. The molecule has 1 atom stereocenters. The van der Waals surface area contributed by atoms with Gasteiger partial charge in [-0.15, -0.1) is 12.4 Å². The van der Waals surface area contributed by atoms with Crippen molar-refractivity contribution < 1.29 is 9.34 Å². The summed E-state index contributed by atoms with van der Waals surface area (Å²) in [4.78, 5) is 9.82. The van der Waals surface area contributed by atoms with Crippen LogP contribution in [0.3, 0.4) is 0 Å². The van der Waals surface area contributed by atoms with E-state index >= 15 is 0 Å². The second-order valence-corrected chi connectivity index (χ2v) is 3.65. The van der Waals surface area contributed by atoms with E-state index in [1.165, 1.54) is 12.5 Å². The van der Waals surface area contributed by atoms with Crippen LogP contribution in [0, 0.1) is 16.0 Å². The van der Waals surface area contributed by atoms with E-state index < -0.39 is 4.92 Å². The third kappa shape index (κ3) is 2.30. The Kier molecular flexibility index (Phi) is 3.71. The van der Waals surface area contributed by atoms with Crippen LogP contribution >= 0.6 is 12.4 Å². The summed E-state index contributed by atoms with van der Waals surface area (Å²) in [5.41, 5.74) is 5.90. The van der Waals surface area contributed by atoms with Crippen molar-refractivity contribution in [3.05, 3.63) is 28.0 Å². The van der Waals surface area contributed by atoms with E-state index in [1.807, 2.05) is 0 Å². The van der Waals surface area contributed by atoms with E-state index in [2.05, 4.69) is 0 Å². The predicted octanol–water partition coefficient (Wildman–Crippen LogP) is 2.41. The molecule has 1 aromatic rings. The van der Waals surface area contributed by atoms with Crippen LogP contribution in [0.2, 0.25) is 0 Å². The average Bonchev–Trinajstić information content (AvgIpc) is 2.48. The molecule has 1 aromatic heterocycles. The first kappa shape index (κ1) is 12.0. The van der Waals surface area contributed by atoms with Gasteiger partial charge in [-0.3, -0.25) is 10.1 Å². The van der Waals surface area contributed by atoms with Crippen molar-refractivity contribution in [2.45, 2.75) is 25.3 Å². The van der Waals surface area contributed by atoms with Crippen LogP contribution in [0.1, 0.15) is 31.1 Å². The first-order valence-electron chi connectivity index (χ1n) is 4.68. The summed E-state index contributed by atoms with van der Waals surface area (Å²) in [5, 5.41) is 10.4. The Hall–Kier alpha value is -1.07. The Bertz CT molecular complexity index is 349. The second kappa shape index (κ2) is 4.63. The van der Waals surface area contributed by atoms with Crippen LogP contribution in [0.4, 0.5) is 5.88 Å². The van der Waals surface area contributed by atoms with Gasteiger partial charge in [-0.25, -0.2) is 0 Å². The molecule has 0 amide bonds. The lowest BCUT2D eigenvalue weighted by molar-refractivity contribution is -0.402. The Morgan fingerprint density at radius 2 is 2.20 bits per heavy atom. The molecule has 1 fully saturated rings. The van der Waals surface area contributed by atoms with Gasteiger partial charge in [0.25, 0.3) is 0 Å². The fourth-order valence-electron chi connectivity index (χ4n) is 1.65. The monoisotopic (exact) mass is 232 g/mol. The maximum absolute atomic E-state index is 10.4. The van der Waals surface area contributed by atoms with E-state index in [1.54, 1.807) is 6.07 Å². The molecular weight excluding hydrogens is 220 g/mol. The molecule has 0 radical (unpaired) electrons. The maximum atomic E-state index is 10.4. The van der Waals surface area contributed by atoms with Gasteiger partial charge in [0.05, 0.1) is 12.1 Å². The highest BCUT2D eigenvalue weighted by Crippen LogP contribution is 2.37. The lowest BCUT2D eigenvalue weighted by Gasteiger charge is -2.29. The van der Waals surface area contributed by atoms with Gasteiger partial charge in [-0.05, 0) is 24.8 Å². The lowest BCUT2D eigenvalue weighted by Crippen LogP contribution is -2.26. The van der Waals surface area contributed by atoms with Gasteiger partial charge in [0, 0.05) is 0 Å². The van der Waals surface area contributed by atoms with Crippen molar-refractivity contribution in [1.29, 1.82) is 0 Å². The summed E-state index contributed by atoms with van der Waals surface area (Å²) >= 11 is 0. The number of hydrogen-bond acceptors (Lipinski definition) is 4. The number of halogens is 1. The molecule has 5 nitrogen and oxygen atoms in total. The molecule has 1 aliphatic carbocycles. The molecule has 1 heterocycles. The van der Waals surface area contributed by atoms with Gasteiger partial charge in [-0.2, -0.15) is 0 Å². The fourth-order valence-corrected chi connectivity index (χ4v) is 1.65. The number of nitro groups is 1. The maximum Gasteiger partial charge on any atom is 0.433 e. The summed E-state index contributed by atoms with van der Waals surface area (Å²) in [5.74, 6) is 0.733. The molecule has 0 aromatic carbocycles. The van der Waals surface area contributed by atoms with Crippen LogP contribution in [-0.2, 0) is 0 Å². The fraction of sp³-hybridized carbons (Fsp3) is 0.556. The van der Waals surface area contributed by atoms with Gasteiger partial charge in [0.2, 0.25) is 0 Å². The van der Waals surface area contributed by atoms with Gasteiger partial charge in [0.1, 0.15) is 10.7 Å². The van der Waals surface area contributed by atoms with Crippen LogP contribution in [0.15, 0.2) is 16.5 Å². The smallest absolute Gasteiger partial charge is 0.404 e. The predicted molar refractivity (Wildman–Crippen MR) is 56.9 cm³/mol. The lowest BCUT2D eigenvalue weighted by atomic mass is 9.79. The average molecular weight is 233 g/mol. The van der Waals surface area contributed by atoms with Crippen molar-refractivity contribution in [3.8, 4) is 0 Å². The number of hydrogen-bond donors (Lipinski definition) is 1. The SMILES string of the molecule is Cl.N[C@H](c1ccc([N+](=O)[O-])o1)C1CCC1. The molecule has 2 rings (SSSR count). The van der Waals surface area contributed by atoms with E-state index in [0.29, 0.717) is 11.7 Å². The Balaban J connectivity index is 0.00000112. The molecule has 84 valence electrons. The highest BCUT2D eigenvalue weighted by atomic mass is 35.5. The molecule has 1 aliphatic rings. The minimum atomic E-state index is -0.545. The molecule has 0 aliphatic heterocycles. The van der Waals surface area contributed by atoms with Crippen molar-refractivity contribution in [2.24, 2.45) is 11.7 Å². The van der Waals surface area contributed by atoms with Gasteiger partial charge >= 0.3 is 5.88 Å². The summed E-state index contributed by atoms with van der Waals surface area (Å²) in [6, 6.07) is 2.77. The zero-order valence-electron chi connectivity index (χ0n) is 8.09. The van der Waals surface area contributed by atoms with E-state index in [9.17, 15) is 10.1 Å². The third-order valence-corrected chi connectivity index (χ3v) is 2.78. The third-order valence-electron chi connectivity index (χ3n) is 2.78. The van der Waals surface area contributed by atoms with E-state index in [0.717, 1.165) is 12.8 Å². The number of nitrogens with two attached hydrogens (primary N) is 1. The van der Waals surface area contributed by atoms with Gasteiger partial charge in [0.15, 0.2) is 0 Å². The number of nitrogens with zero attached hydrogens (tertiary/aromatic N) is 1. The van der Waals surface area contributed by atoms with Gasteiger partial charge < -0.3 is 10.2 Å². The molecule has 0 saturated heterocycles. The Morgan fingerprint density at radius 3 is 2.60 bits per heavy atom. The summed E-state index contributed by atoms with van der Waals surface area (Å²) in [6.45, 7) is 0. The summed E-state index contributed by atoms with van der Waals surface area (Å²) in [7, 11) is 0. The molecule has 6 heteroatoms. The first-order valence-corrected chi connectivity index (χ1v) is 4.68. The summed E-state index contributed by atoms with van der Waals surface area (Å²) in [6.07, 6.45) is 3.38. The summed E-state index contributed by atoms with van der Waals surface area (Å²) < 4.78 is 5.04. The standard InChI is InChI=1S/C9H12N2O3.ClH/c10-9(6-2-1-3-6)7-4-5-8(14-7)11(12)13;/h4-6,9H,1-3,10H2;1H/t9-;/m0./s1. The molecule has 1 saturated carbocycles. The van der Waals surface area contributed by atoms with Crippen molar-refractivity contribution in [1.82, 2.24) is 0 Å². The molecule has 15 heavy (non-hydrogen) atoms. The van der Waals surface area contributed by atoms with Crippen molar-refractivity contribution in [3.63, 3.8) is 0 Å². The zero-order valence-corrected chi connectivity index (χ0v) is 8.90. The van der Waals surface area contributed by atoms with Crippen molar-refractivity contribution in [2.75, 3.05) is 0 Å². The van der Waals surface area contributed by atoms with Crippen LogP contribution < -0.4 is 5.73 Å². The van der Waals surface area contributed by atoms with Crippen LogP contribution in [0.25, 0.3) is 0 Å². The van der Waals surface area contributed by atoms with E-state index in [4.69, 9.17) is 10.2 Å². The van der Waals surface area contributed by atoms with Crippen molar-refractivity contribution >= 4 is 18.3 Å². The second-order valence-electron chi connectivity index (χ2n) is 3.65. The van der Waals surface area contributed by atoms with Crippen LogP contribution in [-0.4, -0.2) is 4.92 Å². The Morgan fingerprint density at radius 1 is 1.53 bits per heavy atom.